The van der Waals surface area contributed by atoms with Crippen LogP contribution >= 0.6 is 0 Å². The van der Waals surface area contributed by atoms with Crippen molar-refractivity contribution < 1.29 is 9.13 Å². The first-order valence-electron chi connectivity index (χ1n) is 9.00. The molecule has 4 rings (SSSR count). The zero-order valence-electron chi connectivity index (χ0n) is 13.9. The van der Waals surface area contributed by atoms with Crippen LogP contribution in [0, 0.1) is 11.7 Å². The van der Waals surface area contributed by atoms with Gasteiger partial charge in [0.2, 0.25) is 0 Å². The van der Waals surface area contributed by atoms with Gasteiger partial charge in [-0.25, -0.2) is 4.39 Å². The Labute approximate surface area is 141 Å². The standard InChI is InChI=1S/C18H25FN4O/c19-15-9-14(10-16-17(15)18(20)22-21-16)24-11-12-5-7-23(8-6-12)13-3-1-2-4-13/h9-10,12-13H,1-8,11H2,(H3,20,21,22). The Balaban J connectivity index is 1.32. The molecule has 2 fully saturated rings. The van der Waals surface area contributed by atoms with Crippen LogP contribution < -0.4 is 10.5 Å². The summed E-state index contributed by atoms with van der Waals surface area (Å²) in [7, 11) is 0. The molecule has 1 saturated heterocycles. The van der Waals surface area contributed by atoms with E-state index in [1.807, 2.05) is 0 Å². The van der Waals surface area contributed by atoms with Crippen LogP contribution in [0.2, 0.25) is 0 Å². The minimum Gasteiger partial charge on any atom is -0.493 e. The Morgan fingerprint density at radius 2 is 1.96 bits per heavy atom. The van der Waals surface area contributed by atoms with E-state index in [-0.39, 0.29) is 11.6 Å². The Morgan fingerprint density at radius 1 is 1.21 bits per heavy atom. The van der Waals surface area contributed by atoms with Crippen LogP contribution in [0.25, 0.3) is 10.9 Å². The Kier molecular flexibility index (Phi) is 4.31. The second-order valence-corrected chi connectivity index (χ2v) is 7.17. The van der Waals surface area contributed by atoms with Crippen LogP contribution in [0.4, 0.5) is 10.2 Å². The van der Waals surface area contributed by atoms with Gasteiger partial charge in [-0.2, -0.15) is 5.10 Å². The summed E-state index contributed by atoms with van der Waals surface area (Å²) in [6.45, 7) is 2.99. The van der Waals surface area contributed by atoms with Crippen molar-refractivity contribution in [3.63, 3.8) is 0 Å². The third-order valence-corrected chi connectivity index (χ3v) is 5.59. The molecule has 2 aromatic rings. The Hall–Kier alpha value is -1.82. The molecule has 0 radical (unpaired) electrons. The summed E-state index contributed by atoms with van der Waals surface area (Å²) in [5.41, 5.74) is 6.24. The number of rotatable bonds is 4. The number of likely N-dealkylation sites (tertiary alicyclic amines) is 1. The van der Waals surface area contributed by atoms with Crippen molar-refractivity contribution >= 4 is 16.7 Å². The summed E-state index contributed by atoms with van der Waals surface area (Å²) in [4.78, 5) is 2.66. The highest BCUT2D eigenvalue weighted by atomic mass is 19.1. The van der Waals surface area contributed by atoms with Gasteiger partial charge in [0.25, 0.3) is 0 Å². The molecular formula is C18H25FN4O. The second-order valence-electron chi connectivity index (χ2n) is 7.17. The molecule has 5 nitrogen and oxygen atoms in total. The predicted molar refractivity (Wildman–Crippen MR) is 92.5 cm³/mol. The number of hydrogen-bond acceptors (Lipinski definition) is 4. The topological polar surface area (TPSA) is 67.2 Å². The van der Waals surface area contributed by atoms with Crippen LogP contribution in [0.15, 0.2) is 12.1 Å². The predicted octanol–water partition coefficient (Wildman–Crippen LogP) is 3.32. The SMILES string of the molecule is Nc1n[nH]c2cc(OCC3CCN(C4CCCC4)CC3)cc(F)c12. The lowest BCUT2D eigenvalue weighted by molar-refractivity contribution is 0.108. The number of halogens is 1. The average molecular weight is 332 g/mol. The van der Waals surface area contributed by atoms with Gasteiger partial charge in [0.1, 0.15) is 11.6 Å². The first kappa shape index (κ1) is 15.7. The van der Waals surface area contributed by atoms with E-state index in [1.165, 1.54) is 44.8 Å². The lowest BCUT2D eigenvalue weighted by Crippen LogP contribution is -2.41. The molecule has 1 aromatic heterocycles. The molecule has 1 aliphatic heterocycles. The third kappa shape index (κ3) is 3.07. The van der Waals surface area contributed by atoms with E-state index in [2.05, 4.69) is 15.1 Å². The number of benzene rings is 1. The van der Waals surface area contributed by atoms with E-state index >= 15 is 0 Å². The first-order valence-corrected chi connectivity index (χ1v) is 9.00. The number of nitrogens with one attached hydrogen (secondary N) is 1. The number of piperidine rings is 1. The number of H-pyrrole nitrogens is 1. The minimum atomic E-state index is -0.384. The van der Waals surface area contributed by atoms with Crippen LogP contribution in [0.1, 0.15) is 38.5 Å². The molecular weight excluding hydrogens is 307 g/mol. The van der Waals surface area contributed by atoms with Gasteiger partial charge in [0.05, 0.1) is 17.5 Å². The highest BCUT2D eigenvalue weighted by Gasteiger charge is 2.27. The van der Waals surface area contributed by atoms with Gasteiger partial charge < -0.3 is 15.4 Å². The fraction of sp³-hybridized carbons (Fsp3) is 0.611. The second kappa shape index (κ2) is 6.59. The number of hydrogen-bond donors (Lipinski definition) is 2. The van der Waals surface area contributed by atoms with Crippen molar-refractivity contribution in [1.82, 2.24) is 15.1 Å². The quantitative estimate of drug-likeness (QED) is 0.901. The van der Waals surface area contributed by atoms with Gasteiger partial charge in [-0.3, -0.25) is 5.10 Å². The summed E-state index contributed by atoms with van der Waals surface area (Å²) in [6.07, 6.45) is 7.84. The third-order valence-electron chi connectivity index (χ3n) is 5.59. The van der Waals surface area contributed by atoms with E-state index in [9.17, 15) is 4.39 Å². The van der Waals surface area contributed by atoms with Crippen molar-refractivity contribution in [2.75, 3.05) is 25.4 Å². The molecule has 3 N–H and O–H groups in total. The van der Waals surface area contributed by atoms with Crippen LogP contribution in [0.3, 0.4) is 0 Å². The Morgan fingerprint density at radius 3 is 2.71 bits per heavy atom. The number of nitrogens with zero attached hydrogens (tertiary/aromatic N) is 2. The number of aromatic amines is 1. The van der Waals surface area contributed by atoms with Gasteiger partial charge in [-0.15, -0.1) is 0 Å². The van der Waals surface area contributed by atoms with Crippen molar-refractivity contribution in [3.8, 4) is 5.75 Å². The van der Waals surface area contributed by atoms with E-state index in [4.69, 9.17) is 10.5 Å². The molecule has 1 saturated carbocycles. The molecule has 130 valence electrons. The molecule has 0 atom stereocenters. The maximum absolute atomic E-state index is 14.1. The molecule has 0 bridgehead atoms. The number of nitrogens with two attached hydrogens (primary N) is 1. The summed E-state index contributed by atoms with van der Waals surface area (Å²) in [5.74, 6) is 0.897. The van der Waals surface area contributed by atoms with Crippen molar-refractivity contribution in [1.29, 1.82) is 0 Å². The minimum absolute atomic E-state index is 0.188. The van der Waals surface area contributed by atoms with E-state index in [0.717, 1.165) is 18.9 Å². The normalized spacial score (nSPS) is 20.9. The first-order chi connectivity index (χ1) is 11.7. The van der Waals surface area contributed by atoms with Crippen molar-refractivity contribution in [2.24, 2.45) is 5.92 Å². The summed E-state index contributed by atoms with van der Waals surface area (Å²) < 4.78 is 20.0. The van der Waals surface area contributed by atoms with E-state index in [1.54, 1.807) is 6.07 Å². The monoisotopic (exact) mass is 332 g/mol. The van der Waals surface area contributed by atoms with Crippen LogP contribution in [-0.4, -0.2) is 40.8 Å². The number of fused-ring (bicyclic) bond motifs is 1. The van der Waals surface area contributed by atoms with Crippen LogP contribution in [0.5, 0.6) is 5.75 Å². The van der Waals surface area contributed by atoms with Gasteiger partial charge in [0.15, 0.2) is 5.82 Å². The molecule has 2 heterocycles. The molecule has 2 aliphatic rings. The van der Waals surface area contributed by atoms with E-state index < -0.39 is 0 Å². The summed E-state index contributed by atoms with van der Waals surface area (Å²) in [5, 5.41) is 6.93. The number of anilines is 1. The summed E-state index contributed by atoms with van der Waals surface area (Å²) in [6, 6.07) is 3.99. The van der Waals surface area contributed by atoms with Gasteiger partial charge in [-0.05, 0) is 44.7 Å². The smallest absolute Gasteiger partial charge is 0.156 e. The largest absolute Gasteiger partial charge is 0.493 e. The maximum Gasteiger partial charge on any atom is 0.156 e. The fourth-order valence-corrected chi connectivity index (χ4v) is 4.16. The lowest BCUT2D eigenvalue weighted by atomic mass is 9.96. The Bertz CT molecular complexity index is 702. The van der Waals surface area contributed by atoms with E-state index in [0.29, 0.717) is 29.2 Å². The number of aromatic nitrogens is 2. The molecule has 0 amide bonds. The molecule has 6 heteroatoms. The van der Waals surface area contributed by atoms with Gasteiger partial charge >= 0.3 is 0 Å². The molecule has 1 aliphatic carbocycles. The molecule has 0 spiro atoms. The average Bonchev–Trinajstić information content (AvgIpc) is 3.24. The highest BCUT2D eigenvalue weighted by Crippen LogP contribution is 2.30. The fourth-order valence-electron chi connectivity index (χ4n) is 4.16. The molecule has 24 heavy (non-hydrogen) atoms. The number of ether oxygens (including phenoxy) is 1. The summed E-state index contributed by atoms with van der Waals surface area (Å²) >= 11 is 0. The van der Waals surface area contributed by atoms with Gasteiger partial charge in [-0.1, -0.05) is 12.8 Å². The maximum atomic E-state index is 14.1. The van der Waals surface area contributed by atoms with Gasteiger partial charge in [0, 0.05) is 18.2 Å². The van der Waals surface area contributed by atoms with Crippen molar-refractivity contribution in [2.45, 2.75) is 44.6 Å². The van der Waals surface area contributed by atoms with Crippen molar-refractivity contribution in [3.05, 3.63) is 17.9 Å². The number of nitrogen functional groups attached to an aromatic ring is 1. The molecule has 0 unspecified atom stereocenters. The molecule has 1 aromatic carbocycles. The van der Waals surface area contributed by atoms with Crippen LogP contribution in [-0.2, 0) is 0 Å². The lowest BCUT2D eigenvalue weighted by Gasteiger charge is -2.35. The zero-order valence-corrected chi connectivity index (χ0v) is 13.9. The zero-order chi connectivity index (χ0) is 16.5. The highest BCUT2D eigenvalue weighted by molar-refractivity contribution is 5.90.